The number of amides is 3. The summed E-state index contributed by atoms with van der Waals surface area (Å²) in [5.74, 6) is -1.19. The molecule has 1 heterocycles. The van der Waals surface area contributed by atoms with Gasteiger partial charge in [-0.15, -0.1) is 0 Å². The summed E-state index contributed by atoms with van der Waals surface area (Å²) in [6, 6.07) is 9.49. The highest BCUT2D eigenvalue weighted by molar-refractivity contribution is 8.26. The van der Waals surface area contributed by atoms with Gasteiger partial charge in [0, 0.05) is 28.0 Å². The Balaban J connectivity index is 1.46. The van der Waals surface area contributed by atoms with Gasteiger partial charge in [0.2, 0.25) is 5.91 Å². The third kappa shape index (κ3) is 7.24. The summed E-state index contributed by atoms with van der Waals surface area (Å²) in [5.41, 5.74) is 5.10. The number of thioether (sulfide) groups is 1. The molecule has 0 bridgehead atoms. The zero-order valence-electron chi connectivity index (χ0n) is 17.1. The molecule has 0 saturated carbocycles. The lowest BCUT2D eigenvalue weighted by molar-refractivity contribution is -0.130. The molecule has 7 nitrogen and oxygen atoms in total. The number of benzene rings is 2. The van der Waals surface area contributed by atoms with Gasteiger partial charge in [0.05, 0.1) is 9.93 Å². The third-order valence-corrected chi connectivity index (χ3v) is 6.75. The van der Waals surface area contributed by atoms with Crippen molar-refractivity contribution in [3.05, 3.63) is 67.0 Å². The molecule has 178 valence electrons. The van der Waals surface area contributed by atoms with Crippen molar-refractivity contribution in [3.63, 3.8) is 0 Å². The zero-order chi connectivity index (χ0) is 24.8. The summed E-state index contributed by atoms with van der Waals surface area (Å²) in [5, 5.41) is 1.56. The number of nitrogens with zero attached hydrogens (tertiary/aromatic N) is 1. The van der Waals surface area contributed by atoms with E-state index in [-0.39, 0.29) is 36.3 Å². The predicted octanol–water partition coefficient (Wildman–Crippen LogP) is 5.12. The Kier molecular flexibility index (Phi) is 9.47. The van der Waals surface area contributed by atoms with Gasteiger partial charge in [0.15, 0.2) is 6.61 Å². The van der Waals surface area contributed by atoms with Crippen LogP contribution in [0.15, 0.2) is 41.3 Å². The number of hydrogen-bond acceptors (Lipinski definition) is 6. The van der Waals surface area contributed by atoms with Crippen molar-refractivity contribution < 1.29 is 19.1 Å². The van der Waals surface area contributed by atoms with Crippen molar-refractivity contribution in [2.24, 2.45) is 0 Å². The molecule has 0 aliphatic carbocycles. The standard InChI is InChI=1S/C21H15Cl4N3O4S2/c22-12-2-1-11(14(24)8-12)7-17-20(31)28(21(33)34-17)6-5-18(29)26-27-19(30)10-32-16-4-3-13(23)9-15(16)25/h1-4,7-9H,5-6,10H2,(H,26,29)(H,27,30). The fourth-order valence-electron chi connectivity index (χ4n) is 2.64. The van der Waals surface area contributed by atoms with Gasteiger partial charge in [-0.05, 0) is 42.0 Å². The van der Waals surface area contributed by atoms with E-state index in [0.717, 1.165) is 11.8 Å². The van der Waals surface area contributed by atoms with Crippen LogP contribution < -0.4 is 15.6 Å². The quantitative estimate of drug-likeness (QED) is 0.269. The van der Waals surface area contributed by atoms with Crippen LogP contribution in [-0.4, -0.2) is 40.1 Å². The lowest BCUT2D eigenvalue weighted by atomic mass is 10.2. The van der Waals surface area contributed by atoms with E-state index in [4.69, 9.17) is 63.4 Å². The normalized spacial score (nSPS) is 14.5. The summed E-state index contributed by atoms with van der Waals surface area (Å²) in [6.45, 7) is -0.344. The van der Waals surface area contributed by atoms with E-state index in [1.807, 2.05) is 0 Å². The number of nitrogens with one attached hydrogen (secondary N) is 2. The summed E-state index contributed by atoms with van der Waals surface area (Å²) >= 11 is 30.2. The molecule has 2 aromatic carbocycles. The predicted molar refractivity (Wildman–Crippen MR) is 139 cm³/mol. The van der Waals surface area contributed by atoms with Gasteiger partial charge in [-0.3, -0.25) is 30.1 Å². The minimum atomic E-state index is -0.604. The van der Waals surface area contributed by atoms with Gasteiger partial charge in [0.1, 0.15) is 10.1 Å². The fourth-order valence-corrected chi connectivity index (χ4v) is 4.87. The van der Waals surface area contributed by atoms with Gasteiger partial charge in [-0.1, -0.05) is 76.4 Å². The highest BCUT2D eigenvalue weighted by Gasteiger charge is 2.32. The zero-order valence-corrected chi connectivity index (χ0v) is 21.7. The maximum absolute atomic E-state index is 12.7. The number of ether oxygens (including phenoxy) is 1. The maximum Gasteiger partial charge on any atom is 0.276 e. The summed E-state index contributed by atoms with van der Waals surface area (Å²) in [4.78, 5) is 38.4. The number of hydrazine groups is 1. The summed E-state index contributed by atoms with van der Waals surface area (Å²) in [6.07, 6.45) is 1.52. The molecule has 3 amide bonds. The molecule has 13 heteroatoms. The van der Waals surface area contributed by atoms with Crippen LogP contribution in [0.3, 0.4) is 0 Å². The molecule has 1 fully saturated rings. The minimum Gasteiger partial charge on any atom is -0.482 e. The number of halogens is 4. The van der Waals surface area contributed by atoms with Gasteiger partial charge in [0.25, 0.3) is 11.8 Å². The maximum atomic E-state index is 12.7. The van der Waals surface area contributed by atoms with E-state index in [1.165, 1.54) is 17.0 Å². The monoisotopic (exact) mass is 577 g/mol. The van der Waals surface area contributed by atoms with Crippen LogP contribution in [0.1, 0.15) is 12.0 Å². The second-order valence-electron chi connectivity index (χ2n) is 6.71. The van der Waals surface area contributed by atoms with Crippen LogP contribution in [0.5, 0.6) is 5.75 Å². The van der Waals surface area contributed by atoms with Crippen LogP contribution in [0.25, 0.3) is 6.08 Å². The van der Waals surface area contributed by atoms with E-state index in [0.29, 0.717) is 29.9 Å². The molecule has 0 unspecified atom stereocenters. The first kappa shape index (κ1) is 26.6. The van der Waals surface area contributed by atoms with Crippen molar-refractivity contribution in [3.8, 4) is 5.75 Å². The average molecular weight is 579 g/mol. The molecule has 3 rings (SSSR count). The van der Waals surface area contributed by atoms with Crippen LogP contribution >= 0.6 is 70.4 Å². The number of carbonyl (C=O) groups excluding carboxylic acids is 3. The smallest absolute Gasteiger partial charge is 0.276 e. The molecule has 1 saturated heterocycles. The first-order valence-corrected chi connectivity index (χ1v) is 12.2. The van der Waals surface area contributed by atoms with Gasteiger partial charge < -0.3 is 4.74 Å². The minimum absolute atomic E-state index is 0.0366. The lowest BCUT2D eigenvalue weighted by Gasteiger charge is -2.14. The Hall–Kier alpha value is -2.01. The van der Waals surface area contributed by atoms with Crippen LogP contribution in [-0.2, 0) is 14.4 Å². The van der Waals surface area contributed by atoms with Crippen molar-refractivity contribution in [1.82, 2.24) is 15.8 Å². The van der Waals surface area contributed by atoms with Gasteiger partial charge in [-0.25, -0.2) is 0 Å². The fraction of sp³-hybridized carbons (Fsp3) is 0.143. The van der Waals surface area contributed by atoms with Gasteiger partial charge >= 0.3 is 0 Å². The Bertz CT molecular complexity index is 1190. The first-order valence-electron chi connectivity index (χ1n) is 9.50. The molecule has 34 heavy (non-hydrogen) atoms. The van der Waals surface area contributed by atoms with E-state index in [1.54, 1.807) is 30.3 Å². The Morgan fingerprint density at radius 3 is 2.32 bits per heavy atom. The molecule has 0 atom stereocenters. The second-order valence-corrected chi connectivity index (χ2v) is 10.1. The van der Waals surface area contributed by atoms with Crippen LogP contribution in [0.2, 0.25) is 20.1 Å². The Labute approximate surface area is 224 Å². The molecular weight excluding hydrogens is 564 g/mol. The lowest BCUT2D eigenvalue weighted by Crippen LogP contribution is -2.45. The Morgan fingerprint density at radius 1 is 1.00 bits per heavy atom. The highest BCUT2D eigenvalue weighted by atomic mass is 35.5. The Morgan fingerprint density at radius 2 is 1.65 bits per heavy atom. The molecule has 0 aromatic heterocycles. The second kappa shape index (κ2) is 12.1. The van der Waals surface area contributed by atoms with Crippen molar-refractivity contribution in [2.45, 2.75) is 6.42 Å². The highest BCUT2D eigenvalue weighted by Crippen LogP contribution is 2.34. The molecule has 2 aromatic rings. The molecule has 1 aliphatic heterocycles. The number of hydrogen-bond donors (Lipinski definition) is 2. The van der Waals surface area contributed by atoms with E-state index in [2.05, 4.69) is 10.9 Å². The van der Waals surface area contributed by atoms with Crippen molar-refractivity contribution in [1.29, 1.82) is 0 Å². The van der Waals surface area contributed by atoms with Gasteiger partial charge in [-0.2, -0.15) is 0 Å². The average Bonchev–Trinajstić information content (AvgIpc) is 3.04. The number of rotatable bonds is 7. The van der Waals surface area contributed by atoms with Crippen molar-refractivity contribution >= 4 is 98.5 Å². The topological polar surface area (TPSA) is 87.7 Å². The van der Waals surface area contributed by atoms with E-state index >= 15 is 0 Å². The van der Waals surface area contributed by atoms with Crippen LogP contribution in [0.4, 0.5) is 0 Å². The molecule has 2 N–H and O–H groups in total. The number of thiocarbonyl (C=S) groups is 1. The number of carbonyl (C=O) groups is 3. The van der Waals surface area contributed by atoms with E-state index in [9.17, 15) is 14.4 Å². The first-order chi connectivity index (χ1) is 16.1. The van der Waals surface area contributed by atoms with Crippen molar-refractivity contribution in [2.75, 3.05) is 13.2 Å². The molecule has 1 aliphatic rings. The third-order valence-electron chi connectivity index (χ3n) is 4.28. The van der Waals surface area contributed by atoms with Crippen LogP contribution in [0, 0.1) is 0 Å². The molecule has 0 spiro atoms. The van der Waals surface area contributed by atoms with E-state index < -0.39 is 11.8 Å². The summed E-state index contributed by atoms with van der Waals surface area (Å²) in [7, 11) is 0. The molecule has 0 radical (unpaired) electrons. The summed E-state index contributed by atoms with van der Waals surface area (Å²) < 4.78 is 5.59. The largest absolute Gasteiger partial charge is 0.482 e. The molecular formula is C21H15Cl4N3O4S2. The SMILES string of the molecule is O=C(CCN1C(=O)C(=Cc2ccc(Cl)cc2Cl)SC1=S)NNC(=O)COc1ccc(Cl)cc1Cl.